The van der Waals surface area contributed by atoms with Crippen LogP contribution in [0.1, 0.15) is 43.4 Å². The van der Waals surface area contributed by atoms with Crippen molar-refractivity contribution < 1.29 is 27.1 Å². The highest BCUT2D eigenvalue weighted by atomic mass is 35.5. The second-order valence-corrected chi connectivity index (χ2v) is 9.26. The lowest BCUT2D eigenvalue weighted by atomic mass is 9.96. The predicted molar refractivity (Wildman–Crippen MR) is 118 cm³/mol. The van der Waals surface area contributed by atoms with Gasteiger partial charge in [-0.2, -0.15) is 13.2 Å². The SMILES string of the molecule is CC(C)(C)OC(=O)N1CCc2cc(C=CC(c3cc(Cl)c(F)c(Cl)c3)C(F)(F)F)ccc21. The van der Waals surface area contributed by atoms with Crippen LogP contribution in [0.15, 0.2) is 36.4 Å². The topological polar surface area (TPSA) is 29.5 Å². The Morgan fingerprint density at radius 2 is 1.75 bits per heavy atom. The summed E-state index contributed by atoms with van der Waals surface area (Å²) in [5, 5.41) is -0.954. The minimum Gasteiger partial charge on any atom is -0.443 e. The molecular weight excluding hydrogens is 469 g/mol. The number of nitrogens with zero attached hydrogens (tertiary/aromatic N) is 1. The van der Waals surface area contributed by atoms with E-state index in [2.05, 4.69) is 0 Å². The van der Waals surface area contributed by atoms with Gasteiger partial charge in [0.15, 0.2) is 5.82 Å². The molecule has 9 heteroatoms. The van der Waals surface area contributed by atoms with Crippen molar-refractivity contribution in [3.63, 3.8) is 0 Å². The van der Waals surface area contributed by atoms with Crippen LogP contribution in [0.2, 0.25) is 10.0 Å². The van der Waals surface area contributed by atoms with Crippen molar-refractivity contribution in [2.24, 2.45) is 0 Å². The Morgan fingerprint density at radius 3 is 2.31 bits per heavy atom. The van der Waals surface area contributed by atoms with Gasteiger partial charge in [0, 0.05) is 6.54 Å². The minimum atomic E-state index is -4.63. The molecule has 1 unspecified atom stereocenters. The summed E-state index contributed by atoms with van der Waals surface area (Å²) in [7, 11) is 0. The third-order valence-corrected chi connectivity index (χ3v) is 5.36. The molecule has 1 amide bonds. The molecule has 1 aliphatic heterocycles. The summed E-state index contributed by atoms with van der Waals surface area (Å²) in [6.45, 7) is 5.74. The van der Waals surface area contributed by atoms with Crippen LogP contribution in [-0.4, -0.2) is 24.4 Å². The Morgan fingerprint density at radius 1 is 1.12 bits per heavy atom. The third-order valence-electron chi connectivity index (χ3n) is 4.81. The fourth-order valence-corrected chi connectivity index (χ4v) is 3.91. The lowest BCUT2D eigenvalue weighted by molar-refractivity contribution is -0.139. The first-order valence-corrected chi connectivity index (χ1v) is 10.5. The van der Waals surface area contributed by atoms with E-state index in [1.54, 1.807) is 39.0 Å². The monoisotopic (exact) mass is 489 g/mol. The number of carbonyl (C=O) groups excluding carboxylic acids is 1. The average molecular weight is 490 g/mol. The molecule has 3 rings (SSSR count). The summed E-state index contributed by atoms with van der Waals surface area (Å²) in [5.41, 5.74) is 1.13. The number of anilines is 1. The Kier molecular flexibility index (Phi) is 6.82. The predicted octanol–water partition coefficient (Wildman–Crippen LogP) is 7.79. The van der Waals surface area contributed by atoms with Crippen molar-refractivity contribution >= 4 is 41.1 Å². The van der Waals surface area contributed by atoms with Crippen LogP contribution < -0.4 is 4.90 Å². The standard InChI is InChI=1S/C23H21Cl2F4NO2/c1-22(2,3)32-21(31)30-9-8-14-10-13(5-7-19(14)30)4-6-16(23(27,28)29)15-11-17(24)20(26)18(25)12-15/h4-7,10-12,16H,8-9H2,1-3H3. The fourth-order valence-electron chi connectivity index (χ4n) is 3.40. The molecule has 0 saturated heterocycles. The molecular formula is C23H21Cl2F4NO2. The second kappa shape index (κ2) is 8.94. The highest BCUT2D eigenvalue weighted by molar-refractivity contribution is 6.35. The van der Waals surface area contributed by atoms with E-state index in [1.807, 2.05) is 0 Å². The summed E-state index contributed by atoms with van der Waals surface area (Å²) in [6.07, 6.45) is -2.24. The zero-order chi connectivity index (χ0) is 23.8. The zero-order valence-electron chi connectivity index (χ0n) is 17.6. The maximum absolute atomic E-state index is 13.7. The van der Waals surface area contributed by atoms with Crippen molar-refractivity contribution in [1.29, 1.82) is 0 Å². The number of ether oxygens (including phenoxy) is 1. The summed E-state index contributed by atoms with van der Waals surface area (Å²) < 4.78 is 60.1. The summed E-state index contributed by atoms with van der Waals surface area (Å²) >= 11 is 11.4. The summed E-state index contributed by atoms with van der Waals surface area (Å²) in [5.74, 6) is -2.99. The van der Waals surface area contributed by atoms with Gasteiger partial charge in [-0.1, -0.05) is 41.4 Å². The molecule has 0 N–H and O–H groups in total. The molecule has 0 radical (unpaired) electrons. The van der Waals surface area contributed by atoms with Crippen molar-refractivity contribution in [2.45, 2.75) is 44.9 Å². The number of alkyl halides is 3. The first-order chi connectivity index (χ1) is 14.8. The highest BCUT2D eigenvalue weighted by Crippen LogP contribution is 2.39. The van der Waals surface area contributed by atoms with Gasteiger partial charge in [0.05, 0.1) is 21.7 Å². The van der Waals surface area contributed by atoms with Crippen molar-refractivity contribution in [3.05, 3.63) is 69.0 Å². The molecule has 1 heterocycles. The number of benzene rings is 2. The van der Waals surface area contributed by atoms with E-state index in [1.165, 1.54) is 11.0 Å². The first-order valence-electron chi connectivity index (χ1n) is 9.79. The average Bonchev–Trinajstić information content (AvgIpc) is 3.07. The van der Waals surface area contributed by atoms with Crippen LogP contribution in [0.4, 0.5) is 28.0 Å². The van der Waals surface area contributed by atoms with Crippen LogP contribution in [0.5, 0.6) is 0 Å². The highest BCUT2D eigenvalue weighted by Gasteiger charge is 2.39. The lowest BCUT2D eigenvalue weighted by Gasteiger charge is -2.24. The molecule has 0 aromatic heterocycles. The summed E-state index contributed by atoms with van der Waals surface area (Å²) in [6, 6.07) is 6.88. The van der Waals surface area contributed by atoms with Gasteiger partial charge in [-0.3, -0.25) is 4.90 Å². The molecule has 2 aromatic rings. The minimum absolute atomic E-state index is 0.262. The maximum atomic E-state index is 13.7. The van der Waals surface area contributed by atoms with Gasteiger partial charge in [0.2, 0.25) is 0 Å². The molecule has 0 bridgehead atoms. The van der Waals surface area contributed by atoms with E-state index in [-0.39, 0.29) is 5.56 Å². The van der Waals surface area contributed by atoms with Gasteiger partial charge in [-0.15, -0.1) is 0 Å². The van der Waals surface area contributed by atoms with Gasteiger partial charge in [0.25, 0.3) is 0 Å². The largest absolute Gasteiger partial charge is 0.443 e. The van der Waals surface area contributed by atoms with Crippen molar-refractivity contribution in [3.8, 4) is 0 Å². The molecule has 32 heavy (non-hydrogen) atoms. The molecule has 1 aliphatic rings. The fraction of sp³-hybridized carbons (Fsp3) is 0.348. The van der Waals surface area contributed by atoms with Crippen molar-refractivity contribution in [1.82, 2.24) is 0 Å². The van der Waals surface area contributed by atoms with Gasteiger partial charge < -0.3 is 4.74 Å². The number of hydrogen-bond donors (Lipinski definition) is 0. The Bertz CT molecular complexity index is 1040. The number of fused-ring (bicyclic) bond motifs is 1. The number of allylic oxidation sites excluding steroid dienone is 1. The van der Waals surface area contributed by atoms with E-state index >= 15 is 0 Å². The van der Waals surface area contributed by atoms with E-state index in [0.717, 1.165) is 23.8 Å². The Balaban J connectivity index is 1.86. The molecule has 0 fully saturated rings. The summed E-state index contributed by atoms with van der Waals surface area (Å²) in [4.78, 5) is 13.9. The molecule has 0 aliphatic carbocycles. The smallest absolute Gasteiger partial charge is 0.414 e. The number of hydrogen-bond acceptors (Lipinski definition) is 2. The number of amides is 1. The first kappa shape index (κ1) is 24.4. The second-order valence-electron chi connectivity index (χ2n) is 8.45. The van der Waals surface area contributed by atoms with Crippen molar-refractivity contribution in [2.75, 3.05) is 11.4 Å². The van der Waals surface area contributed by atoms with E-state index < -0.39 is 39.7 Å². The maximum Gasteiger partial charge on any atom is 0.414 e. The molecule has 2 aromatic carbocycles. The van der Waals surface area contributed by atoms with Gasteiger partial charge in [-0.05, 0) is 68.1 Å². The van der Waals surface area contributed by atoms with Gasteiger partial charge in [0.1, 0.15) is 5.60 Å². The molecule has 0 saturated carbocycles. The van der Waals surface area contributed by atoms with Gasteiger partial charge in [-0.25, -0.2) is 9.18 Å². The van der Waals surface area contributed by atoms with Crippen LogP contribution in [0, 0.1) is 5.82 Å². The molecule has 172 valence electrons. The third kappa shape index (κ3) is 5.56. The number of halogens is 6. The van der Waals surface area contributed by atoms with E-state index in [0.29, 0.717) is 24.2 Å². The quantitative estimate of drug-likeness (QED) is 0.325. The van der Waals surface area contributed by atoms with Crippen LogP contribution in [-0.2, 0) is 11.2 Å². The van der Waals surface area contributed by atoms with Gasteiger partial charge >= 0.3 is 12.3 Å². The van der Waals surface area contributed by atoms with Crippen LogP contribution in [0.3, 0.4) is 0 Å². The van der Waals surface area contributed by atoms with E-state index in [9.17, 15) is 22.4 Å². The Labute approximate surface area is 193 Å². The van der Waals surface area contributed by atoms with E-state index in [4.69, 9.17) is 27.9 Å². The number of rotatable bonds is 3. The van der Waals surface area contributed by atoms with Crippen LogP contribution in [0.25, 0.3) is 6.08 Å². The lowest BCUT2D eigenvalue weighted by Crippen LogP contribution is -2.35. The normalized spacial score (nSPS) is 15.2. The molecule has 0 spiro atoms. The Hall–Kier alpha value is -2.25. The number of carbonyl (C=O) groups is 1. The molecule has 1 atom stereocenters. The zero-order valence-corrected chi connectivity index (χ0v) is 19.1. The van der Waals surface area contributed by atoms with Crippen LogP contribution >= 0.6 is 23.2 Å². The molecule has 3 nitrogen and oxygen atoms in total.